The third-order valence-electron chi connectivity index (χ3n) is 3.43. The Kier molecular flexibility index (Phi) is 3.52. The second kappa shape index (κ2) is 5.47. The molecule has 0 aliphatic heterocycles. The lowest BCUT2D eigenvalue weighted by Crippen LogP contribution is -2.18. The molecular weight excluding hydrogens is 253 g/mol. The van der Waals surface area contributed by atoms with Crippen molar-refractivity contribution < 1.29 is 8.81 Å². The molecule has 2 nitrogen and oxygen atoms in total. The van der Waals surface area contributed by atoms with Gasteiger partial charge in [-0.3, -0.25) is 0 Å². The molecule has 0 radical (unpaired) electrons. The van der Waals surface area contributed by atoms with Gasteiger partial charge in [-0.1, -0.05) is 36.4 Å². The number of para-hydroxylation sites is 1. The minimum absolute atomic E-state index is 0.0654. The molecule has 1 N–H and O–H groups in total. The topological polar surface area (TPSA) is 25.2 Å². The van der Waals surface area contributed by atoms with Crippen molar-refractivity contribution >= 4 is 11.0 Å². The summed E-state index contributed by atoms with van der Waals surface area (Å²) in [5.41, 5.74) is 1.55. The number of benzene rings is 2. The Morgan fingerprint density at radius 2 is 1.85 bits per heavy atom. The number of furan rings is 1. The van der Waals surface area contributed by atoms with E-state index in [4.69, 9.17) is 4.42 Å². The molecule has 3 heteroatoms. The average molecular weight is 269 g/mol. The zero-order chi connectivity index (χ0) is 13.9. The van der Waals surface area contributed by atoms with E-state index >= 15 is 0 Å². The predicted octanol–water partition coefficient (Wildman–Crippen LogP) is 4.42. The lowest BCUT2D eigenvalue weighted by molar-refractivity contribution is 0.471. The Hall–Kier alpha value is -2.13. The van der Waals surface area contributed by atoms with Crippen LogP contribution in [0.1, 0.15) is 24.3 Å². The van der Waals surface area contributed by atoms with Gasteiger partial charge in [0.05, 0.1) is 6.54 Å². The summed E-state index contributed by atoms with van der Waals surface area (Å²) >= 11 is 0. The van der Waals surface area contributed by atoms with Gasteiger partial charge < -0.3 is 9.73 Å². The monoisotopic (exact) mass is 269 g/mol. The van der Waals surface area contributed by atoms with Gasteiger partial charge in [0.2, 0.25) is 0 Å². The van der Waals surface area contributed by atoms with Crippen molar-refractivity contribution in [3.63, 3.8) is 0 Å². The normalized spacial score (nSPS) is 12.7. The third-order valence-corrected chi connectivity index (χ3v) is 3.43. The third kappa shape index (κ3) is 2.58. The van der Waals surface area contributed by atoms with Gasteiger partial charge in [0, 0.05) is 17.0 Å². The van der Waals surface area contributed by atoms with Crippen LogP contribution in [0.15, 0.2) is 59.0 Å². The summed E-state index contributed by atoms with van der Waals surface area (Å²) in [6, 6.07) is 16.7. The van der Waals surface area contributed by atoms with Gasteiger partial charge in [0.15, 0.2) is 0 Å². The van der Waals surface area contributed by atoms with E-state index in [1.165, 1.54) is 6.07 Å². The van der Waals surface area contributed by atoms with Crippen molar-refractivity contribution in [2.24, 2.45) is 0 Å². The second-order valence-corrected chi connectivity index (χ2v) is 4.87. The van der Waals surface area contributed by atoms with Crippen molar-refractivity contribution in [2.45, 2.75) is 19.5 Å². The highest BCUT2D eigenvalue weighted by molar-refractivity contribution is 5.77. The molecule has 0 saturated carbocycles. The molecule has 0 bridgehead atoms. The fraction of sp³-hybridized carbons (Fsp3) is 0.176. The van der Waals surface area contributed by atoms with E-state index in [9.17, 15) is 4.39 Å². The standard InChI is InChI=1S/C17H16FNO/c1-12(15-7-3-4-8-16(15)18)19-11-14-10-13-6-2-5-9-17(13)20-14/h2-10,12,19H,11H2,1H3/t12-/m1/s1. The summed E-state index contributed by atoms with van der Waals surface area (Å²) in [5.74, 6) is 0.673. The van der Waals surface area contributed by atoms with E-state index in [1.54, 1.807) is 12.1 Å². The van der Waals surface area contributed by atoms with Crippen LogP contribution in [0, 0.1) is 5.82 Å². The molecule has 0 aliphatic carbocycles. The van der Waals surface area contributed by atoms with E-state index in [0.717, 1.165) is 16.7 Å². The maximum Gasteiger partial charge on any atom is 0.134 e. The highest BCUT2D eigenvalue weighted by Gasteiger charge is 2.10. The summed E-state index contributed by atoms with van der Waals surface area (Å²) in [5, 5.41) is 4.37. The summed E-state index contributed by atoms with van der Waals surface area (Å²) in [6.07, 6.45) is 0. The molecule has 0 spiro atoms. The average Bonchev–Trinajstić information content (AvgIpc) is 2.88. The van der Waals surface area contributed by atoms with Gasteiger partial charge >= 0.3 is 0 Å². The van der Waals surface area contributed by atoms with Crippen LogP contribution in [-0.2, 0) is 6.54 Å². The fourth-order valence-corrected chi connectivity index (χ4v) is 2.31. The largest absolute Gasteiger partial charge is 0.460 e. The van der Waals surface area contributed by atoms with Crippen molar-refractivity contribution in [1.29, 1.82) is 0 Å². The number of fused-ring (bicyclic) bond motifs is 1. The lowest BCUT2D eigenvalue weighted by atomic mass is 10.1. The second-order valence-electron chi connectivity index (χ2n) is 4.87. The molecule has 20 heavy (non-hydrogen) atoms. The van der Waals surface area contributed by atoms with Crippen LogP contribution >= 0.6 is 0 Å². The van der Waals surface area contributed by atoms with Crippen molar-refractivity contribution in [3.8, 4) is 0 Å². The van der Waals surface area contributed by atoms with Gasteiger partial charge in [-0.05, 0) is 25.1 Å². The molecule has 2 aromatic carbocycles. The first-order valence-electron chi connectivity index (χ1n) is 6.69. The molecular formula is C17H16FNO. The quantitative estimate of drug-likeness (QED) is 0.758. The molecule has 0 saturated heterocycles. The fourth-order valence-electron chi connectivity index (χ4n) is 2.31. The Morgan fingerprint density at radius 3 is 2.65 bits per heavy atom. The van der Waals surface area contributed by atoms with Crippen LogP contribution in [0.25, 0.3) is 11.0 Å². The lowest BCUT2D eigenvalue weighted by Gasteiger charge is -2.13. The SMILES string of the molecule is C[C@@H](NCc1cc2ccccc2o1)c1ccccc1F. The summed E-state index contributed by atoms with van der Waals surface area (Å²) in [4.78, 5) is 0. The van der Waals surface area contributed by atoms with Crippen LogP contribution in [0.5, 0.6) is 0 Å². The molecule has 1 heterocycles. The highest BCUT2D eigenvalue weighted by Crippen LogP contribution is 2.20. The van der Waals surface area contributed by atoms with Crippen molar-refractivity contribution in [1.82, 2.24) is 5.32 Å². The molecule has 102 valence electrons. The molecule has 1 aromatic heterocycles. The zero-order valence-electron chi connectivity index (χ0n) is 11.3. The van der Waals surface area contributed by atoms with Crippen LogP contribution in [-0.4, -0.2) is 0 Å². The Balaban J connectivity index is 1.71. The number of hydrogen-bond acceptors (Lipinski definition) is 2. The first kappa shape index (κ1) is 12.9. The van der Waals surface area contributed by atoms with Gasteiger partial charge in [-0.2, -0.15) is 0 Å². The maximum absolute atomic E-state index is 13.7. The predicted molar refractivity (Wildman–Crippen MR) is 77.9 cm³/mol. The van der Waals surface area contributed by atoms with Crippen LogP contribution in [0.4, 0.5) is 4.39 Å². The summed E-state index contributed by atoms with van der Waals surface area (Å²) in [7, 11) is 0. The molecule has 3 rings (SSSR count). The zero-order valence-corrected chi connectivity index (χ0v) is 11.3. The Bertz CT molecular complexity index is 687. The smallest absolute Gasteiger partial charge is 0.134 e. The minimum atomic E-state index is -0.183. The molecule has 0 unspecified atom stereocenters. The maximum atomic E-state index is 13.7. The molecule has 3 aromatic rings. The van der Waals surface area contributed by atoms with E-state index in [1.807, 2.05) is 43.3 Å². The molecule has 0 amide bonds. The molecule has 0 aliphatic rings. The van der Waals surface area contributed by atoms with Crippen LogP contribution in [0.3, 0.4) is 0 Å². The van der Waals surface area contributed by atoms with Gasteiger partial charge in [0.25, 0.3) is 0 Å². The minimum Gasteiger partial charge on any atom is -0.460 e. The van der Waals surface area contributed by atoms with Crippen LogP contribution in [0.2, 0.25) is 0 Å². The van der Waals surface area contributed by atoms with Gasteiger partial charge in [-0.15, -0.1) is 0 Å². The van der Waals surface area contributed by atoms with E-state index < -0.39 is 0 Å². The van der Waals surface area contributed by atoms with Gasteiger partial charge in [-0.25, -0.2) is 4.39 Å². The van der Waals surface area contributed by atoms with E-state index in [2.05, 4.69) is 5.32 Å². The van der Waals surface area contributed by atoms with Gasteiger partial charge in [0.1, 0.15) is 17.2 Å². The van der Waals surface area contributed by atoms with Crippen molar-refractivity contribution in [3.05, 3.63) is 71.7 Å². The molecule has 0 fully saturated rings. The number of hydrogen-bond donors (Lipinski definition) is 1. The van der Waals surface area contributed by atoms with Crippen molar-refractivity contribution in [2.75, 3.05) is 0 Å². The number of nitrogens with one attached hydrogen (secondary N) is 1. The highest BCUT2D eigenvalue weighted by atomic mass is 19.1. The van der Waals surface area contributed by atoms with Crippen LogP contribution < -0.4 is 5.32 Å². The first-order valence-corrected chi connectivity index (χ1v) is 6.69. The first-order chi connectivity index (χ1) is 9.74. The summed E-state index contributed by atoms with van der Waals surface area (Å²) in [6.45, 7) is 2.52. The summed E-state index contributed by atoms with van der Waals surface area (Å²) < 4.78 is 19.4. The van der Waals surface area contributed by atoms with E-state index in [-0.39, 0.29) is 11.9 Å². The Labute approximate surface area is 117 Å². The number of halogens is 1. The van der Waals surface area contributed by atoms with E-state index in [0.29, 0.717) is 12.1 Å². The number of rotatable bonds is 4. The Morgan fingerprint density at radius 1 is 1.10 bits per heavy atom. The molecule has 1 atom stereocenters.